The number of aliphatic hydroxyl groups excluding tert-OH is 1. The highest BCUT2D eigenvalue weighted by Gasteiger charge is 2.48. The predicted molar refractivity (Wildman–Crippen MR) is 119 cm³/mol. The largest absolute Gasteiger partial charge is 0.399 e. The molecule has 2 aromatic rings. The molecule has 0 bridgehead atoms. The van der Waals surface area contributed by atoms with Crippen molar-refractivity contribution in [1.82, 2.24) is 0 Å². The number of nitrogens with two attached hydrogens (primary N) is 1. The van der Waals surface area contributed by atoms with Crippen LogP contribution < -0.4 is 10.6 Å². The van der Waals surface area contributed by atoms with Crippen molar-refractivity contribution in [2.24, 2.45) is 5.41 Å². The SMILES string of the molecule is CCC[C@]1(CC)CS(=O)(=O)c2ccc(N(C)C)cc2[C@@H](c2cccc(N)c2)[C@H]1O. The number of aliphatic hydroxyl groups is 1. The van der Waals surface area contributed by atoms with Crippen LogP contribution in [-0.2, 0) is 9.84 Å². The highest BCUT2D eigenvalue weighted by Crippen LogP contribution is 2.49. The van der Waals surface area contributed by atoms with Gasteiger partial charge in [-0.1, -0.05) is 32.4 Å². The lowest BCUT2D eigenvalue weighted by molar-refractivity contribution is 0.0183. The summed E-state index contributed by atoms with van der Waals surface area (Å²) in [5.74, 6) is -0.504. The van der Waals surface area contributed by atoms with E-state index in [4.69, 9.17) is 5.73 Å². The third kappa shape index (κ3) is 3.88. The Morgan fingerprint density at radius 1 is 1.17 bits per heavy atom. The molecule has 0 radical (unpaired) electrons. The van der Waals surface area contributed by atoms with Crippen molar-refractivity contribution in [3.63, 3.8) is 0 Å². The minimum absolute atomic E-state index is 0.0430. The van der Waals surface area contributed by atoms with E-state index >= 15 is 0 Å². The molecule has 0 saturated heterocycles. The summed E-state index contributed by atoms with van der Waals surface area (Å²) >= 11 is 0. The fraction of sp³-hybridized carbons (Fsp3) is 0.478. The average Bonchev–Trinajstić information content (AvgIpc) is 2.73. The summed E-state index contributed by atoms with van der Waals surface area (Å²) in [5.41, 5.74) is 8.35. The first-order valence-corrected chi connectivity index (χ1v) is 11.9. The number of hydrogen-bond donors (Lipinski definition) is 2. The quantitative estimate of drug-likeness (QED) is 0.724. The summed E-state index contributed by atoms with van der Waals surface area (Å²) in [6.45, 7) is 4.01. The number of hydrogen-bond acceptors (Lipinski definition) is 5. The van der Waals surface area contributed by atoms with Crippen LogP contribution in [0.15, 0.2) is 47.4 Å². The van der Waals surface area contributed by atoms with E-state index in [0.717, 1.165) is 17.7 Å². The second kappa shape index (κ2) is 8.00. The smallest absolute Gasteiger partial charge is 0.179 e. The van der Waals surface area contributed by atoms with Crippen LogP contribution in [0.5, 0.6) is 0 Å². The first kappa shape index (κ1) is 21.7. The molecule has 158 valence electrons. The first-order chi connectivity index (χ1) is 13.6. The van der Waals surface area contributed by atoms with Crippen LogP contribution in [0.4, 0.5) is 11.4 Å². The molecule has 0 fully saturated rings. The molecular weight excluding hydrogens is 384 g/mol. The Morgan fingerprint density at radius 2 is 1.90 bits per heavy atom. The van der Waals surface area contributed by atoms with E-state index in [1.807, 2.05) is 63.2 Å². The van der Waals surface area contributed by atoms with Crippen LogP contribution in [0.3, 0.4) is 0 Å². The van der Waals surface area contributed by atoms with Crippen LogP contribution >= 0.6 is 0 Å². The molecule has 0 aliphatic carbocycles. The lowest BCUT2D eigenvalue weighted by Gasteiger charge is -2.39. The standard InChI is InChI=1S/C23H32N2O3S/c1-5-12-23(6-2)15-29(27,28)20-11-10-18(25(3)4)14-19(20)21(22(23)26)16-8-7-9-17(24)13-16/h7-11,13-14,21-22,26H,5-6,12,15,24H2,1-4H3/t21-,22-,23-/m1/s1. The van der Waals surface area contributed by atoms with Crippen LogP contribution in [0, 0.1) is 5.41 Å². The van der Waals surface area contributed by atoms with Crippen molar-refractivity contribution in [1.29, 1.82) is 0 Å². The second-order valence-corrected chi connectivity index (χ2v) is 10.4. The molecule has 0 unspecified atom stereocenters. The molecule has 1 aliphatic heterocycles. The molecule has 29 heavy (non-hydrogen) atoms. The number of nitrogen functional groups attached to an aromatic ring is 1. The summed E-state index contributed by atoms with van der Waals surface area (Å²) in [7, 11) is 0.289. The minimum Gasteiger partial charge on any atom is -0.399 e. The van der Waals surface area contributed by atoms with Gasteiger partial charge in [-0.2, -0.15) is 0 Å². The zero-order valence-electron chi connectivity index (χ0n) is 17.7. The lowest BCUT2D eigenvalue weighted by atomic mass is 9.69. The minimum atomic E-state index is -3.56. The number of fused-ring (bicyclic) bond motifs is 1. The molecule has 1 aliphatic rings. The maximum Gasteiger partial charge on any atom is 0.179 e. The molecule has 0 saturated carbocycles. The molecular formula is C23H32N2O3S. The highest BCUT2D eigenvalue weighted by atomic mass is 32.2. The van der Waals surface area contributed by atoms with Crippen LogP contribution in [0.25, 0.3) is 0 Å². The number of benzene rings is 2. The monoisotopic (exact) mass is 416 g/mol. The van der Waals surface area contributed by atoms with E-state index in [1.54, 1.807) is 12.1 Å². The lowest BCUT2D eigenvalue weighted by Crippen LogP contribution is -2.42. The molecule has 0 spiro atoms. The van der Waals surface area contributed by atoms with Gasteiger partial charge in [0.1, 0.15) is 0 Å². The van der Waals surface area contributed by atoms with E-state index in [9.17, 15) is 13.5 Å². The third-order valence-corrected chi connectivity index (χ3v) is 8.32. The maximum absolute atomic E-state index is 13.5. The fourth-order valence-corrected chi connectivity index (χ4v) is 6.98. The Kier molecular flexibility index (Phi) is 5.97. The number of sulfone groups is 1. The Labute approximate surface area is 174 Å². The summed E-state index contributed by atoms with van der Waals surface area (Å²) in [6.07, 6.45) is 1.22. The van der Waals surface area contributed by atoms with Crippen molar-refractivity contribution in [2.45, 2.75) is 50.0 Å². The van der Waals surface area contributed by atoms with Gasteiger partial charge in [0, 0.05) is 36.8 Å². The number of nitrogens with zero attached hydrogens (tertiary/aromatic N) is 1. The average molecular weight is 417 g/mol. The molecule has 5 nitrogen and oxygen atoms in total. The molecule has 0 amide bonds. The van der Waals surface area contributed by atoms with Crippen molar-refractivity contribution in [2.75, 3.05) is 30.5 Å². The van der Waals surface area contributed by atoms with Crippen molar-refractivity contribution >= 4 is 21.2 Å². The van der Waals surface area contributed by atoms with Crippen LogP contribution in [0.2, 0.25) is 0 Å². The van der Waals surface area contributed by atoms with E-state index < -0.39 is 27.3 Å². The Balaban J connectivity index is 2.35. The van der Waals surface area contributed by atoms with Gasteiger partial charge in [-0.15, -0.1) is 0 Å². The van der Waals surface area contributed by atoms with Gasteiger partial charge in [0.25, 0.3) is 0 Å². The molecule has 1 heterocycles. The topological polar surface area (TPSA) is 83.6 Å². The zero-order valence-corrected chi connectivity index (χ0v) is 18.5. The predicted octanol–water partition coefficient (Wildman–Crippen LogP) is 3.81. The van der Waals surface area contributed by atoms with Gasteiger partial charge < -0.3 is 15.7 Å². The van der Waals surface area contributed by atoms with Gasteiger partial charge in [-0.05, 0) is 54.3 Å². The van der Waals surface area contributed by atoms with Gasteiger partial charge in [-0.25, -0.2) is 8.42 Å². The highest BCUT2D eigenvalue weighted by molar-refractivity contribution is 7.91. The van der Waals surface area contributed by atoms with Crippen molar-refractivity contribution < 1.29 is 13.5 Å². The fourth-order valence-electron chi connectivity index (χ4n) is 4.73. The van der Waals surface area contributed by atoms with Gasteiger partial charge >= 0.3 is 0 Å². The first-order valence-electron chi connectivity index (χ1n) is 10.2. The van der Waals surface area contributed by atoms with Crippen LogP contribution in [0.1, 0.15) is 50.2 Å². The normalized spacial score (nSPS) is 25.8. The van der Waals surface area contributed by atoms with Gasteiger partial charge in [0.15, 0.2) is 9.84 Å². The Bertz CT molecular complexity index is 987. The number of rotatable bonds is 5. The van der Waals surface area contributed by atoms with Crippen molar-refractivity contribution in [3.8, 4) is 0 Å². The summed E-state index contributed by atoms with van der Waals surface area (Å²) in [5, 5.41) is 11.7. The summed E-state index contributed by atoms with van der Waals surface area (Å²) in [6, 6.07) is 12.9. The van der Waals surface area contributed by atoms with Crippen molar-refractivity contribution in [3.05, 3.63) is 53.6 Å². The Morgan fingerprint density at radius 3 is 2.48 bits per heavy atom. The van der Waals surface area contributed by atoms with E-state index in [-0.39, 0.29) is 5.75 Å². The van der Waals surface area contributed by atoms with Gasteiger partial charge in [0.05, 0.1) is 16.8 Å². The number of anilines is 2. The maximum atomic E-state index is 13.5. The van der Waals surface area contributed by atoms with E-state index in [1.165, 1.54) is 0 Å². The van der Waals surface area contributed by atoms with E-state index in [0.29, 0.717) is 29.0 Å². The molecule has 0 aromatic heterocycles. The van der Waals surface area contributed by atoms with Crippen LogP contribution in [-0.4, -0.2) is 39.5 Å². The summed E-state index contributed by atoms with van der Waals surface area (Å²) in [4.78, 5) is 2.26. The zero-order chi connectivity index (χ0) is 21.4. The Hall–Kier alpha value is -2.05. The molecule has 3 N–H and O–H groups in total. The third-order valence-electron chi connectivity index (χ3n) is 6.32. The molecule has 3 atom stereocenters. The molecule has 3 rings (SSSR count). The second-order valence-electron chi connectivity index (χ2n) is 8.43. The van der Waals surface area contributed by atoms with Gasteiger partial charge in [-0.3, -0.25) is 0 Å². The summed E-state index contributed by atoms with van der Waals surface area (Å²) < 4.78 is 26.9. The van der Waals surface area contributed by atoms with Gasteiger partial charge in [0.2, 0.25) is 0 Å². The molecule has 2 aromatic carbocycles. The van der Waals surface area contributed by atoms with E-state index in [2.05, 4.69) is 0 Å². The molecule has 6 heteroatoms.